The molecule has 1 aromatic rings. The highest BCUT2D eigenvalue weighted by atomic mass is 19.3. The Labute approximate surface area is 118 Å². The van der Waals surface area contributed by atoms with E-state index in [9.17, 15) is 8.78 Å². The summed E-state index contributed by atoms with van der Waals surface area (Å²) in [6.07, 6.45) is 2.32. The molecule has 0 saturated carbocycles. The molecule has 0 radical (unpaired) electrons. The van der Waals surface area contributed by atoms with Crippen molar-refractivity contribution in [2.24, 2.45) is 5.92 Å². The van der Waals surface area contributed by atoms with Crippen LogP contribution < -0.4 is 10.1 Å². The van der Waals surface area contributed by atoms with E-state index in [-0.39, 0.29) is 11.8 Å². The van der Waals surface area contributed by atoms with Gasteiger partial charge in [-0.15, -0.1) is 0 Å². The van der Waals surface area contributed by atoms with Crippen molar-refractivity contribution >= 4 is 0 Å². The summed E-state index contributed by atoms with van der Waals surface area (Å²) >= 11 is 0. The minimum absolute atomic E-state index is 0.178. The second-order valence-corrected chi connectivity index (χ2v) is 5.16. The van der Waals surface area contributed by atoms with Gasteiger partial charge in [-0.25, -0.2) is 0 Å². The molecule has 0 bridgehead atoms. The molecule has 0 aromatic heterocycles. The third-order valence-electron chi connectivity index (χ3n) is 3.57. The molecule has 2 unspecified atom stereocenters. The topological polar surface area (TPSA) is 30.5 Å². The lowest BCUT2D eigenvalue weighted by Crippen LogP contribution is -2.30. The van der Waals surface area contributed by atoms with Crippen molar-refractivity contribution in [1.82, 2.24) is 5.32 Å². The van der Waals surface area contributed by atoms with Gasteiger partial charge in [-0.1, -0.05) is 12.1 Å². The Balaban J connectivity index is 1.80. The first-order valence-corrected chi connectivity index (χ1v) is 7.01. The van der Waals surface area contributed by atoms with Crippen LogP contribution in [-0.4, -0.2) is 26.4 Å². The SMILES string of the molecule is CC(NCC1CCCOC1)c1ccc(OC(F)F)cc1. The number of hydrogen-bond donors (Lipinski definition) is 1. The van der Waals surface area contributed by atoms with Crippen LogP contribution in [-0.2, 0) is 4.74 Å². The molecule has 20 heavy (non-hydrogen) atoms. The van der Waals surface area contributed by atoms with E-state index in [2.05, 4.69) is 17.0 Å². The Morgan fingerprint density at radius 1 is 1.35 bits per heavy atom. The summed E-state index contributed by atoms with van der Waals surface area (Å²) < 4.78 is 33.9. The Kier molecular flexibility index (Phi) is 5.73. The average molecular weight is 285 g/mol. The summed E-state index contributed by atoms with van der Waals surface area (Å²) in [5.74, 6) is 0.754. The number of alkyl halides is 2. The van der Waals surface area contributed by atoms with Crippen LogP contribution in [0, 0.1) is 5.92 Å². The molecular weight excluding hydrogens is 264 g/mol. The lowest BCUT2D eigenvalue weighted by molar-refractivity contribution is -0.0498. The van der Waals surface area contributed by atoms with Crippen LogP contribution in [0.15, 0.2) is 24.3 Å². The minimum Gasteiger partial charge on any atom is -0.435 e. The lowest BCUT2D eigenvalue weighted by atomic mass is 10.0. The quantitative estimate of drug-likeness (QED) is 0.869. The highest BCUT2D eigenvalue weighted by Gasteiger charge is 2.15. The molecule has 2 rings (SSSR count). The van der Waals surface area contributed by atoms with Crippen LogP contribution in [0.25, 0.3) is 0 Å². The van der Waals surface area contributed by atoms with Crippen LogP contribution >= 0.6 is 0 Å². The van der Waals surface area contributed by atoms with Crippen molar-refractivity contribution in [3.05, 3.63) is 29.8 Å². The van der Waals surface area contributed by atoms with Crippen LogP contribution in [0.4, 0.5) is 8.78 Å². The first-order valence-electron chi connectivity index (χ1n) is 7.01. The summed E-state index contributed by atoms with van der Waals surface area (Å²) in [5, 5.41) is 3.46. The van der Waals surface area contributed by atoms with Gasteiger partial charge < -0.3 is 14.8 Å². The third kappa shape index (κ3) is 4.72. The molecule has 5 heteroatoms. The monoisotopic (exact) mass is 285 g/mol. The Morgan fingerprint density at radius 3 is 2.70 bits per heavy atom. The molecule has 0 amide bonds. The van der Waals surface area contributed by atoms with Crippen molar-refractivity contribution in [2.45, 2.75) is 32.4 Å². The molecular formula is C15H21F2NO2. The van der Waals surface area contributed by atoms with Gasteiger partial charge in [0, 0.05) is 19.2 Å². The largest absolute Gasteiger partial charge is 0.435 e. The normalized spacial score (nSPS) is 20.9. The predicted molar refractivity (Wildman–Crippen MR) is 73.0 cm³/mol. The van der Waals surface area contributed by atoms with Crippen molar-refractivity contribution in [2.75, 3.05) is 19.8 Å². The zero-order valence-corrected chi connectivity index (χ0v) is 11.6. The molecule has 1 aliphatic heterocycles. The molecule has 1 heterocycles. The van der Waals surface area contributed by atoms with Crippen LogP contribution in [0.3, 0.4) is 0 Å². The van der Waals surface area contributed by atoms with E-state index >= 15 is 0 Å². The van der Waals surface area contributed by atoms with E-state index in [4.69, 9.17) is 4.74 Å². The first kappa shape index (κ1) is 15.2. The molecule has 1 aromatic carbocycles. The summed E-state index contributed by atoms with van der Waals surface area (Å²) in [7, 11) is 0. The van der Waals surface area contributed by atoms with E-state index in [1.54, 1.807) is 12.1 Å². The van der Waals surface area contributed by atoms with E-state index in [1.807, 2.05) is 12.1 Å². The highest BCUT2D eigenvalue weighted by Crippen LogP contribution is 2.20. The second-order valence-electron chi connectivity index (χ2n) is 5.16. The predicted octanol–water partition coefficient (Wildman–Crippen LogP) is 3.37. The highest BCUT2D eigenvalue weighted by molar-refractivity contribution is 5.28. The summed E-state index contributed by atoms with van der Waals surface area (Å²) in [6, 6.07) is 6.95. The Bertz CT molecular complexity index is 391. The Morgan fingerprint density at radius 2 is 2.10 bits per heavy atom. The zero-order valence-electron chi connectivity index (χ0n) is 11.6. The number of benzene rings is 1. The maximum Gasteiger partial charge on any atom is 0.387 e. The van der Waals surface area contributed by atoms with E-state index in [0.29, 0.717) is 5.92 Å². The summed E-state index contributed by atoms with van der Waals surface area (Å²) in [5.41, 5.74) is 1.06. The molecule has 3 nitrogen and oxygen atoms in total. The standard InChI is InChI=1S/C15H21F2NO2/c1-11(18-9-12-3-2-8-19-10-12)13-4-6-14(7-5-13)20-15(16)17/h4-7,11-12,15,18H,2-3,8-10H2,1H3. The molecule has 1 aliphatic rings. The van der Waals surface area contributed by atoms with Gasteiger partial charge in [0.2, 0.25) is 0 Å². The first-order chi connectivity index (χ1) is 9.65. The number of hydrogen-bond acceptors (Lipinski definition) is 3. The van der Waals surface area contributed by atoms with Crippen molar-refractivity contribution in [3.63, 3.8) is 0 Å². The van der Waals surface area contributed by atoms with Gasteiger partial charge >= 0.3 is 6.61 Å². The molecule has 2 atom stereocenters. The van der Waals surface area contributed by atoms with Gasteiger partial charge in [-0.3, -0.25) is 0 Å². The van der Waals surface area contributed by atoms with Crippen molar-refractivity contribution in [1.29, 1.82) is 0 Å². The zero-order chi connectivity index (χ0) is 14.4. The van der Waals surface area contributed by atoms with Crippen LogP contribution in [0.5, 0.6) is 5.75 Å². The number of rotatable bonds is 6. The van der Waals surface area contributed by atoms with E-state index < -0.39 is 6.61 Å². The number of nitrogens with one attached hydrogen (secondary N) is 1. The maximum atomic E-state index is 12.1. The van der Waals surface area contributed by atoms with Gasteiger partial charge in [-0.05, 0) is 43.4 Å². The van der Waals surface area contributed by atoms with Crippen molar-refractivity contribution < 1.29 is 18.3 Å². The number of halogens is 2. The Hall–Kier alpha value is -1.20. The van der Waals surface area contributed by atoms with Gasteiger partial charge in [0.1, 0.15) is 5.75 Å². The van der Waals surface area contributed by atoms with Crippen LogP contribution in [0.2, 0.25) is 0 Å². The smallest absolute Gasteiger partial charge is 0.387 e. The number of ether oxygens (including phenoxy) is 2. The fourth-order valence-electron chi connectivity index (χ4n) is 2.37. The van der Waals surface area contributed by atoms with Gasteiger partial charge in [0.05, 0.1) is 6.61 Å². The second kappa shape index (κ2) is 7.55. The maximum absolute atomic E-state index is 12.1. The molecule has 1 N–H and O–H groups in total. The fourth-order valence-corrected chi connectivity index (χ4v) is 2.37. The van der Waals surface area contributed by atoms with Crippen LogP contribution in [0.1, 0.15) is 31.4 Å². The summed E-state index contributed by atoms with van der Waals surface area (Å²) in [4.78, 5) is 0. The summed E-state index contributed by atoms with van der Waals surface area (Å²) in [6.45, 7) is 1.89. The van der Waals surface area contributed by atoms with Crippen molar-refractivity contribution in [3.8, 4) is 5.75 Å². The average Bonchev–Trinajstić information content (AvgIpc) is 2.46. The molecule has 1 saturated heterocycles. The van der Waals surface area contributed by atoms with Gasteiger partial charge in [-0.2, -0.15) is 8.78 Å². The van der Waals surface area contributed by atoms with E-state index in [0.717, 1.165) is 31.7 Å². The minimum atomic E-state index is -2.78. The third-order valence-corrected chi connectivity index (χ3v) is 3.57. The molecule has 0 spiro atoms. The van der Waals surface area contributed by atoms with Gasteiger partial charge in [0.25, 0.3) is 0 Å². The van der Waals surface area contributed by atoms with Gasteiger partial charge in [0.15, 0.2) is 0 Å². The molecule has 0 aliphatic carbocycles. The molecule has 1 fully saturated rings. The van der Waals surface area contributed by atoms with E-state index in [1.165, 1.54) is 6.42 Å². The molecule has 112 valence electrons. The fraction of sp³-hybridized carbons (Fsp3) is 0.600. The lowest BCUT2D eigenvalue weighted by Gasteiger charge is -2.24.